The molecular formula is C10H12ClFN2O. The predicted molar refractivity (Wildman–Crippen MR) is 56.9 cm³/mol. The molecule has 0 saturated carbocycles. The number of carbonyl (C=O) groups is 1. The van der Waals surface area contributed by atoms with Crippen LogP contribution in [0.25, 0.3) is 0 Å². The lowest BCUT2D eigenvalue weighted by molar-refractivity contribution is -0.117. The highest BCUT2D eigenvalue weighted by Crippen LogP contribution is 2.14. The Balaban J connectivity index is 2.43. The van der Waals surface area contributed by atoms with Crippen molar-refractivity contribution in [3.8, 4) is 0 Å². The third-order valence-electron chi connectivity index (χ3n) is 1.87. The number of benzene rings is 1. The van der Waals surface area contributed by atoms with Crippen molar-refractivity contribution in [3.63, 3.8) is 0 Å². The maximum atomic E-state index is 13.2. The van der Waals surface area contributed by atoms with E-state index >= 15 is 0 Å². The van der Waals surface area contributed by atoms with Crippen molar-refractivity contribution in [2.75, 3.05) is 6.54 Å². The Bertz CT molecular complexity index is 357. The van der Waals surface area contributed by atoms with E-state index in [0.717, 1.165) is 0 Å². The minimum atomic E-state index is -0.380. The fourth-order valence-corrected chi connectivity index (χ4v) is 1.31. The van der Waals surface area contributed by atoms with Crippen molar-refractivity contribution < 1.29 is 9.18 Å². The second-order valence-corrected chi connectivity index (χ2v) is 3.57. The Labute approximate surface area is 92.4 Å². The van der Waals surface area contributed by atoms with Gasteiger partial charge in [0, 0.05) is 30.1 Å². The number of hydrogen-bond donors (Lipinski definition) is 2. The van der Waals surface area contributed by atoms with Crippen molar-refractivity contribution in [1.29, 1.82) is 0 Å². The summed E-state index contributed by atoms with van der Waals surface area (Å²) in [4.78, 5) is 10.4. The molecule has 0 saturated heterocycles. The first kappa shape index (κ1) is 11.9. The van der Waals surface area contributed by atoms with Gasteiger partial charge in [0.25, 0.3) is 0 Å². The molecule has 15 heavy (non-hydrogen) atoms. The number of hydrogen-bond acceptors (Lipinski definition) is 2. The Morgan fingerprint density at radius 2 is 2.27 bits per heavy atom. The van der Waals surface area contributed by atoms with Gasteiger partial charge in [0.15, 0.2) is 0 Å². The quantitative estimate of drug-likeness (QED) is 0.753. The van der Waals surface area contributed by atoms with E-state index in [1.54, 1.807) is 6.07 Å². The van der Waals surface area contributed by atoms with Crippen LogP contribution in [-0.2, 0) is 11.3 Å². The van der Waals surface area contributed by atoms with Crippen LogP contribution in [0.5, 0.6) is 0 Å². The highest BCUT2D eigenvalue weighted by atomic mass is 35.5. The molecule has 0 aromatic heterocycles. The molecule has 82 valence electrons. The second-order valence-electron chi connectivity index (χ2n) is 3.13. The third kappa shape index (κ3) is 4.27. The predicted octanol–water partition coefficient (Wildman–Crippen LogP) is 1.44. The number of rotatable bonds is 5. The van der Waals surface area contributed by atoms with Gasteiger partial charge in [-0.1, -0.05) is 11.6 Å². The molecule has 0 atom stereocenters. The number of amides is 1. The van der Waals surface area contributed by atoms with Crippen LogP contribution in [0.1, 0.15) is 12.0 Å². The summed E-state index contributed by atoms with van der Waals surface area (Å²) in [5.74, 6) is -0.694. The first-order valence-corrected chi connectivity index (χ1v) is 4.90. The molecule has 1 amide bonds. The first-order chi connectivity index (χ1) is 7.09. The van der Waals surface area contributed by atoms with Crippen LogP contribution in [0, 0.1) is 5.82 Å². The number of nitrogens with two attached hydrogens (primary N) is 1. The summed E-state index contributed by atoms with van der Waals surface area (Å²) in [6.45, 7) is 0.765. The summed E-state index contributed by atoms with van der Waals surface area (Å²) in [6, 6.07) is 4.35. The van der Waals surface area contributed by atoms with E-state index < -0.39 is 0 Å². The van der Waals surface area contributed by atoms with E-state index in [0.29, 0.717) is 23.7 Å². The lowest BCUT2D eigenvalue weighted by atomic mass is 10.2. The standard InChI is InChI=1S/C10H12ClFN2O/c11-8-1-2-9(12)7(5-8)6-14-4-3-10(13)15/h1-2,5,14H,3-4,6H2,(H2,13,15). The van der Waals surface area contributed by atoms with Crippen molar-refractivity contribution in [3.05, 3.63) is 34.6 Å². The Hall–Kier alpha value is -1.13. The average Bonchev–Trinajstić information content (AvgIpc) is 2.17. The molecule has 3 N–H and O–H groups in total. The van der Waals surface area contributed by atoms with Gasteiger partial charge in [-0.05, 0) is 18.2 Å². The van der Waals surface area contributed by atoms with E-state index in [-0.39, 0.29) is 18.1 Å². The van der Waals surface area contributed by atoms with E-state index in [1.807, 2.05) is 0 Å². The van der Waals surface area contributed by atoms with Gasteiger partial charge >= 0.3 is 0 Å². The molecule has 0 spiro atoms. The van der Waals surface area contributed by atoms with Crippen LogP contribution >= 0.6 is 11.6 Å². The van der Waals surface area contributed by atoms with Crippen LogP contribution in [0.2, 0.25) is 5.02 Å². The van der Waals surface area contributed by atoms with Gasteiger partial charge in [0.1, 0.15) is 5.82 Å². The molecule has 0 aliphatic heterocycles. The molecule has 1 rings (SSSR count). The van der Waals surface area contributed by atoms with E-state index in [9.17, 15) is 9.18 Å². The number of carbonyl (C=O) groups excluding carboxylic acids is 1. The van der Waals surface area contributed by atoms with Crippen LogP contribution in [-0.4, -0.2) is 12.5 Å². The zero-order valence-corrected chi connectivity index (χ0v) is 8.85. The summed E-state index contributed by atoms with van der Waals surface area (Å²) >= 11 is 5.71. The Morgan fingerprint density at radius 1 is 1.53 bits per heavy atom. The van der Waals surface area contributed by atoms with Gasteiger partial charge in [0.05, 0.1) is 0 Å². The lowest BCUT2D eigenvalue weighted by Crippen LogP contribution is -2.22. The minimum absolute atomic E-state index is 0.238. The van der Waals surface area contributed by atoms with Gasteiger partial charge < -0.3 is 11.1 Å². The molecule has 1 aromatic rings. The van der Waals surface area contributed by atoms with Gasteiger partial charge in [-0.2, -0.15) is 0 Å². The van der Waals surface area contributed by atoms with E-state index in [2.05, 4.69) is 5.32 Å². The van der Waals surface area contributed by atoms with Crippen molar-refractivity contribution in [2.45, 2.75) is 13.0 Å². The maximum Gasteiger partial charge on any atom is 0.218 e. The topological polar surface area (TPSA) is 55.1 Å². The molecule has 0 unspecified atom stereocenters. The van der Waals surface area contributed by atoms with Gasteiger partial charge in [0.2, 0.25) is 5.91 Å². The highest BCUT2D eigenvalue weighted by Gasteiger charge is 2.02. The highest BCUT2D eigenvalue weighted by molar-refractivity contribution is 6.30. The van der Waals surface area contributed by atoms with E-state index in [1.165, 1.54) is 12.1 Å². The molecule has 0 heterocycles. The summed E-state index contributed by atoms with van der Waals surface area (Å²) < 4.78 is 13.2. The van der Waals surface area contributed by atoms with Crippen LogP contribution < -0.4 is 11.1 Å². The van der Waals surface area contributed by atoms with Gasteiger partial charge in [-0.15, -0.1) is 0 Å². The molecule has 0 radical (unpaired) electrons. The van der Waals surface area contributed by atoms with Gasteiger partial charge in [-0.25, -0.2) is 4.39 Å². The molecular weight excluding hydrogens is 219 g/mol. The number of primary amides is 1. The Morgan fingerprint density at radius 3 is 2.93 bits per heavy atom. The monoisotopic (exact) mass is 230 g/mol. The summed E-state index contributed by atoms with van der Waals surface area (Å²) in [5, 5.41) is 3.39. The fourth-order valence-electron chi connectivity index (χ4n) is 1.11. The van der Waals surface area contributed by atoms with Crippen molar-refractivity contribution >= 4 is 17.5 Å². The molecule has 0 aliphatic rings. The summed E-state index contributed by atoms with van der Waals surface area (Å²) in [6.07, 6.45) is 0.238. The third-order valence-corrected chi connectivity index (χ3v) is 2.11. The molecule has 1 aromatic carbocycles. The summed E-state index contributed by atoms with van der Waals surface area (Å²) in [7, 11) is 0. The smallest absolute Gasteiger partial charge is 0.218 e. The Kier molecular flexibility index (Phi) is 4.52. The SMILES string of the molecule is NC(=O)CCNCc1cc(Cl)ccc1F. The van der Waals surface area contributed by atoms with Crippen LogP contribution in [0.3, 0.4) is 0 Å². The van der Waals surface area contributed by atoms with Crippen molar-refractivity contribution in [1.82, 2.24) is 5.32 Å². The van der Waals surface area contributed by atoms with Crippen LogP contribution in [0.4, 0.5) is 4.39 Å². The first-order valence-electron chi connectivity index (χ1n) is 4.52. The lowest BCUT2D eigenvalue weighted by Gasteiger charge is -2.05. The van der Waals surface area contributed by atoms with Gasteiger partial charge in [-0.3, -0.25) is 4.79 Å². The molecule has 3 nitrogen and oxygen atoms in total. The second kappa shape index (κ2) is 5.68. The van der Waals surface area contributed by atoms with E-state index in [4.69, 9.17) is 17.3 Å². The normalized spacial score (nSPS) is 10.3. The molecule has 5 heteroatoms. The zero-order valence-electron chi connectivity index (χ0n) is 8.09. The van der Waals surface area contributed by atoms with Crippen LogP contribution in [0.15, 0.2) is 18.2 Å². The number of halogens is 2. The van der Waals surface area contributed by atoms with Crippen molar-refractivity contribution in [2.24, 2.45) is 5.73 Å². The molecule has 0 aliphatic carbocycles. The summed E-state index contributed by atoms with van der Waals surface area (Å²) in [5.41, 5.74) is 5.43. The maximum absolute atomic E-state index is 13.2. The minimum Gasteiger partial charge on any atom is -0.370 e. The fraction of sp³-hybridized carbons (Fsp3) is 0.300. The molecule has 0 fully saturated rings. The average molecular weight is 231 g/mol. The number of nitrogens with one attached hydrogen (secondary N) is 1. The zero-order chi connectivity index (χ0) is 11.3. The molecule has 0 bridgehead atoms. The largest absolute Gasteiger partial charge is 0.370 e.